The van der Waals surface area contributed by atoms with Gasteiger partial charge in [-0.1, -0.05) is 88.8 Å². The third-order valence-electron chi connectivity index (χ3n) is 6.13. The number of aromatic nitrogens is 2. The van der Waals surface area contributed by atoms with Crippen LogP contribution >= 0.6 is 34.7 Å². The first-order valence-corrected chi connectivity index (χ1v) is 14.3. The number of aryl methyl sites for hydroxylation is 1. The van der Waals surface area contributed by atoms with E-state index in [2.05, 4.69) is 10.2 Å². The van der Waals surface area contributed by atoms with E-state index in [4.69, 9.17) is 16.3 Å². The number of nitrogens with zero attached hydrogens (tertiary/aromatic N) is 3. The van der Waals surface area contributed by atoms with Crippen molar-refractivity contribution in [2.75, 3.05) is 11.5 Å². The van der Waals surface area contributed by atoms with E-state index in [9.17, 15) is 14.7 Å². The summed E-state index contributed by atoms with van der Waals surface area (Å²) < 4.78 is 6.32. The SMILES string of the molecule is CCOc1cccc(C2C(=C(O)c3ccc(C)cc3)C(=O)C(=O)N2c2nnc(SCc3ccc(Cl)cc3)s2)c1. The van der Waals surface area contributed by atoms with Gasteiger partial charge in [0.05, 0.1) is 18.2 Å². The predicted octanol–water partition coefficient (Wildman–Crippen LogP) is 6.82. The van der Waals surface area contributed by atoms with Crippen LogP contribution in [-0.4, -0.2) is 33.6 Å². The summed E-state index contributed by atoms with van der Waals surface area (Å²) in [6, 6.07) is 20.9. The summed E-state index contributed by atoms with van der Waals surface area (Å²) in [5.74, 6) is -0.582. The third-order valence-corrected chi connectivity index (χ3v) is 8.51. The van der Waals surface area contributed by atoms with Crippen molar-refractivity contribution in [2.45, 2.75) is 30.0 Å². The van der Waals surface area contributed by atoms with E-state index < -0.39 is 17.7 Å². The second-order valence-corrected chi connectivity index (χ2v) is 11.4. The van der Waals surface area contributed by atoms with Crippen LogP contribution in [0, 0.1) is 6.92 Å². The number of carbonyl (C=O) groups is 2. The zero-order valence-electron chi connectivity index (χ0n) is 21.1. The number of anilines is 1. The molecule has 1 unspecified atom stereocenters. The van der Waals surface area contributed by atoms with Crippen LogP contribution in [0.1, 0.15) is 35.2 Å². The van der Waals surface area contributed by atoms with Gasteiger partial charge in [-0.05, 0) is 49.2 Å². The monoisotopic (exact) mass is 577 g/mol. The molecule has 7 nitrogen and oxygen atoms in total. The molecule has 10 heteroatoms. The van der Waals surface area contributed by atoms with Crippen LogP contribution < -0.4 is 9.64 Å². The van der Waals surface area contributed by atoms with Crippen LogP contribution in [0.4, 0.5) is 5.13 Å². The molecule has 1 saturated heterocycles. The molecule has 1 fully saturated rings. The summed E-state index contributed by atoms with van der Waals surface area (Å²) in [5, 5.41) is 20.8. The molecule has 0 spiro atoms. The van der Waals surface area contributed by atoms with Crippen LogP contribution in [0.15, 0.2) is 82.7 Å². The van der Waals surface area contributed by atoms with Gasteiger partial charge in [-0.3, -0.25) is 14.5 Å². The molecule has 4 aromatic rings. The molecule has 1 N–H and O–H groups in total. The number of hydrogen-bond donors (Lipinski definition) is 1. The fraction of sp³-hybridized carbons (Fsp3) is 0.172. The molecule has 5 rings (SSSR count). The average molecular weight is 578 g/mol. The minimum absolute atomic E-state index is 0.0110. The van der Waals surface area contributed by atoms with Crippen LogP contribution in [0.3, 0.4) is 0 Å². The minimum atomic E-state index is -0.909. The topological polar surface area (TPSA) is 92.6 Å². The van der Waals surface area contributed by atoms with Crippen molar-refractivity contribution in [3.63, 3.8) is 0 Å². The molecule has 0 bridgehead atoms. The van der Waals surface area contributed by atoms with E-state index in [1.54, 1.807) is 36.4 Å². The lowest BCUT2D eigenvalue weighted by atomic mass is 9.95. The fourth-order valence-electron chi connectivity index (χ4n) is 4.24. The Morgan fingerprint density at radius 3 is 2.54 bits per heavy atom. The number of halogens is 1. The first-order chi connectivity index (χ1) is 18.9. The lowest BCUT2D eigenvalue weighted by molar-refractivity contribution is -0.132. The fourth-order valence-corrected chi connectivity index (χ4v) is 6.19. The van der Waals surface area contributed by atoms with E-state index >= 15 is 0 Å². The summed E-state index contributed by atoms with van der Waals surface area (Å²) in [6.07, 6.45) is 0. The molecular weight excluding hydrogens is 554 g/mol. The second-order valence-electron chi connectivity index (χ2n) is 8.81. The molecule has 3 aromatic carbocycles. The number of thioether (sulfide) groups is 1. The van der Waals surface area contributed by atoms with Gasteiger partial charge in [0.2, 0.25) is 5.13 Å². The largest absolute Gasteiger partial charge is 0.507 e. The number of aliphatic hydroxyl groups excluding tert-OH is 1. The molecule has 1 amide bonds. The Kier molecular flexibility index (Phi) is 8.02. The van der Waals surface area contributed by atoms with Crippen molar-refractivity contribution >= 4 is 57.3 Å². The zero-order chi connectivity index (χ0) is 27.5. The maximum absolute atomic E-state index is 13.4. The van der Waals surface area contributed by atoms with Gasteiger partial charge >= 0.3 is 5.91 Å². The van der Waals surface area contributed by atoms with E-state index in [1.165, 1.54) is 28.0 Å². The second kappa shape index (κ2) is 11.6. The van der Waals surface area contributed by atoms with Gasteiger partial charge in [-0.2, -0.15) is 0 Å². The summed E-state index contributed by atoms with van der Waals surface area (Å²) in [5.41, 5.74) is 3.11. The van der Waals surface area contributed by atoms with Crippen molar-refractivity contribution in [3.05, 3.63) is 106 Å². The lowest BCUT2D eigenvalue weighted by Gasteiger charge is -2.23. The van der Waals surface area contributed by atoms with Crippen LogP contribution in [0.25, 0.3) is 5.76 Å². The Balaban J connectivity index is 1.54. The lowest BCUT2D eigenvalue weighted by Crippen LogP contribution is -2.29. The van der Waals surface area contributed by atoms with Crippen LogP contribution in [0.5, 0.6) is 5.75 Å². The predicted molar refractivity (Wildman–Crippen MR) is 154 cm³/mol. The van der Waals surface area contributed by atoms with Gasteiger partial charge in [0, 0.05) is 16.3 Å². The summed E-state index contributed by atoms with van der Waals surface area (Å²) in [4.78, 5) is 28.2. The zero-order valence-corrected chi connectivity index (χ0v) is 23.5. The number of aliphatic hydroxyl groups is 1. The standard InChI is InChI=1S/C29H24ClN3O4S2/c1-3-37-22-6-4-5-20(15-22)24-23(25(34)19-11-7-17(2)8-12-19)26(35)27(36)33(24)28-31-32-29(39-28)38-16-18-9-13-21(30)14-10-18/h4-15,24,34H,3,16H2,1-2H3. The normalized spacial score (nSPS) is 16.6. The highest BCUT2D eigenvalue weighted by Gasteiger charge is 2.48. The van der Waals surface area contributed by atoms with Crippen LogP contribution in [0.2, 0.25) is 5.02 Å². The van der Waals surface area contributed by atoms with Gasteiger partial charge in [0.25, 0.3) is 5.78 Å². The quantitative estimate of drug-likeness (QED) is 0.0807. The Bertz CT molecular complexity index is 1550. The van der Waals surface area contributed by atoms with E-state index in [-0.39, 0.29) is 16.5 Å². The van der Waals surface area contributed by atoms with Crippen molar-refractivity contribution < 1.29 is 19.4 Å². The molecule has 0 radical (unpaired) electrons. The van der Waals surface area contributed by atoms with Crippen molar-refractivity contribution in [1.82, 2.24) is 10.2 Å². The molecular formula is C29H24ClN3O4S2. The van der Waals surface area contributed by atoms with E-state index in [0.29, 0.717) is 38.6 Å². The molecule has 2 heterocycles. The molecule has 1 aromatic heterocycles. The van der Waals surface area contributed by atoms with E-state index in [0.717, 1.165) is 11.1 Å². The van der Waals surface area contributed by atoms with Gasteiger partial charge in [0.1, 0.15) is 11.5 Å². The number of ether oxygens (including phenoxy) is 1. The number of carbonyl (C=O) groups excluding carboxylic acids is 2. The van der Waals surface area contributed by atoms with Crippen molar-refractivity contribution in [1.29, 1.82) is 0 Å². The molecule has 39 heavy (non-hydrogen) atoms. The first kappa shape index (κ1) is 26.9. The minimum Gasteiger partial charge on any atom is -0.507 e. The molecule has 1 atom stereocenters. The number of benzene rings is 3. The highest BCUT2D eigenvalue weighted by Crippen LogP contribution is 2.44. The smallest absolute Gasteiger partial charge is 0.301 e. The third kappa shape index (κ3) is 5.71. The van der Waals surface area contributed by atoms with Crippen LogP contribution in [-0.2, 0) is 15.3 Å². The highest BCUT2D eigenvalue weighted by atomic mass is 35.5. The maximum Gasteiger partial charge on any atom is 0.301 e. The number of ketones is 1. The molecule has 1 aliphatic heterocycles. The summed E-state index contributed by atoms with van der Waals surface area (Å²) in [6.45, 7) is 4.26. The molecule has 0 saturated carbocycles. The van der Waals surface area contributed by atoms with Gasteiger partial charge in [0.15, 0.2) is 4.34 Å². The van der Waals surface area contributed by atoms with E-state index in [1.807, 2.05) is 50.2 Å². The number of amides is 1. The Hall–Kier alpha value is -3.66. The maximum atomic E-state index is 13.4. The molecule has 1 aliphatic rings. The summed E-state index contributed by atoms with van der Waals surface area (Å²) in [7, 11) is 0. The van der Waals surface area contributed by atoms with Gasteiger partial charge in [-0.25, -0.2) is 0 Å². The molecule has 198 valence electrons. The van der Waals surface area contributed by atoms with Crippen molar-refractivity contribution in [2.24, 2.45) is 0 Å². The Morgan fingerprint density at radius 2 is 1.82 bits per heavy atom. The number of Topliss-reactive ketones (excluding diaryl/α,β-unsaturated/α-hetero) is 1. The number of hydrogen-bond acceptors (Lipinski definition) is 8. The van der Waals surface area contributed by atoms with Gasteiger partial charge < -0.3 is 9.84 Å². The highest BCUT2D eigenvalue weighted by molar-refractivity contribution is 8.00. The Morgan fingerprint density at radius 1 is 1.08 bits per heavy atom. The number of rotatable bonds is 8. The molecule has 0 aliphatic carbocycles. The summed E-state index contributed by atoms with van der Waals surface area (Å²) >= 11 is 8.67. The Labute approximate surface area is 239 Å². The first-order valence-electron chi connectivity index (χ1n) is 12.2. The van der Waals surface area contributed by atoms with Crippen molar-refractivity contribution in [3.8, 4) is 5.75 Å². The van der Waals surface area contributed by atoms with Gasteiger partial charge in [-0.15, -0.1) is 10.2 Å². The average Bonchev–Trinajstić information content (AvgIpc) is 3.51.